The van der Waals surface area contributed by atoms with Crippen LogP contribution >= 0.6 is 15.9 Å². The molecule has 3 heteroatoms. The van der Waals surface area contributed by atoms with Gasteiger partial charge in [-0.3, -0.25) is 0 Å². The Hall–Kier alpha value is -0.670. The molecule has 0 unspecified atom stereocenters. The van der Waals surface area contributed by atoms with E-state index in [-0.39, 0.29) is 5.82 Å². The van der Waals surface area contributed by atoms with Gasteiger partial charge in [0, 0.05) is 11.9 Å². The highest BCUT2D eigenvalue weighted by Gasteiger charge is 1.98. The maximum Gasteiger partial charge on any atom is 0.123 e. The van der Waals surface area contributed by atoms with E-state index in [2.05, 4.69) is 15.9 Å². The van der Waals surface area contributed by atoms with Crippen LogP contribution < -0.4 is 5.73 Å². The highest BCUT2D eigenvalue weighted by molar-refractivity contribution is 9.09. The van der Waals surface area contributed by atoms with Crippen LogP contribution in [0.5, 0.6) is 0 Å². The Morgan fingerprint density at radius 3 is 2.86 bits per heavy atom. The van der Waals surface area contributed by atoms with Crippen LogP contribution in [0.2, 0.25) is 0 Å². The van der Waals surface area contributed by atoms with Gasteiger partial charge in [0.05, 0.1) is 0 Å². The maximum absolute atomic E-state index is 12.9. The number of benzene rings is 1. The third kappa shape index (κ3) is 3.24. The molecule has 0 atom stereocenters. The van der Waals surface area contributed by atoms with Gasteiger partial charge in [0.2, 0.25) is 0 Å². The largest absolute Gasteiger partial charge is 0.326 e. The minimum absolute atomic E-state index is 0.222. The fourth-order valence-corrected chi connectivity index (χ4v) is 1.44. The highest BCUT2D eigenvalue weighted by atomic mass is 79.9. The first-order valence-corrected chi connectivity index (χ1v) is 5.61. The predicted molar refractivity (Wildman–Crippen MR) is 61.7 cm³/mol. The minimum atomic E-state index is -0.222. The zero-order chi connectivity index (χ0) is 10.4. The van der Waals surface area contributed by atoms with Crippen LogP contribution in [0.15, 0.2) is 24.3 Å². The molecule has 0 heterocycles. The molecule has 0 saturated carbocycles. The van der Waals surface area contributed by atoms with Crippen LogP contribution in [0.4, 0.5) is 4.39 Å². The molecule has 14 heavy (non-hydrogen) atoms. The number of rotatable bonds is 4. The van der Waals surface area contributed by atoms with Gasteiger partial charge in [0.1, 0.15) is 5.82 Å². The molecule has 0 radical (unpaired) electrons. The maximum atomic E-state index is 12.9. The molecule has 0 aliphatic heterocycles. The Bertz CT molecular complexity index is 323. The second kappa shape index (κ2) is 5.94. The number of nitrogens with two attached hydrogens (primary N) is 1. The van der Waals surface area contributed by atoms with E-state index in [1.165, 1.54) is 12.1 Å². The summed E-state index contributed by atoms with van der Waals surface area (Å²) in [6.07, 6.45) is 4.84. The lowest BCUT2D eigenvalue weighted by atomic mass is 10.1. The second-order valence-electron chi connectivity index (χ2n) is 2.93. The lowest BCUT2D eigenvalue weighted by Crippen LogP contribution is -1.99. The Morgan fingerprint density at radius 1 is 1.43 bits per heavy atom. The Morgan fingerprint density at radius 2 is 2.21 bits per heavy atom. The zero-order valence-electron chi connectivity index (χ0n) is 7.84. The van der Waals surface area contributed by atoms with E-state index in [0.717, 1.165) is 22.9 Å². The Kier molecular flexibility index (Phi) is 4.84. The number of hydrogen-bond donors (Lipinski definition) is 1. The van der Waals surface area contributed by atoms with E-state index in [4.69, 9.17) is 5.73 Å². The molecule has 76 valence electrons. The summed E-state index contributed by atoms with van der Waals surface area (Å²) in [5.41, 5.74) is 7.38. The van der Waals surface area contributed by atoms with Gasteiger partial charge in [-0.1, -0.05) is 34.1 Å². The number of alkyl halides is 1. The molecule has 0 aromatic heterocycles. The van der Waals surface area contributed by atoms with Crippen LogP contribution in [-0.4, -0.2) is 5.33 Å². The molecule has 0 bridgehead atoms. The quantitative estimate of drug-likeness (QED) is 0.825. The minimum Gasteiger partial charge on any atom is -0.326 e. The van der Waals surface area contributed by atoms with Gasteiger partial charge in [-0.05, 0) is 29.7 Å². The molecule has 1 nitrogen and oxygen atoms in total. The number of allylic oxidation sites excluding steroid dienone is 1. The molecule has 0 fully saturated rings. The second-order valence-corrected chi connectivity index (χ2v) is 3.72. The summed E-state index contributed by atoms with van der Waals surface area (Å²) in [4.78, 5) is 0. The summed E-state index contributed by atoms with van der Waals surface area (Å²) >= 11 is 3.32. The van der Waals surface area contributed by atoms with Gasteiger partial charge in [-0.2, -0.15) is 0 Å². The van der Waals surface area contributed by atoms with Crippen LogP contribution in [0.25, 0.3) is 6.08 Å². The first-order valence-electron chi connectivity index (χ1n) is 4.49. The number of hydrogen-bond acceptors (Lipinski definition) is 1. The van der Waals surface area contributed by atoms with Gasteiger partial charge >= 0.3 is 0 Å². The van der Waals surface area contributed by atoms with Crippen LogP contribution in [-0.2, 0) is 6.54 Å². The molecule has 0 spiro atoms. The average molecular weight is 258 g/mol. The SMILES string of the molecule is NCc1ccc(F)cc1C=CCCBr. The van der Waals surface area contributed by atoms with Crippen molar-refractivity contribution in [2.75, 3.05) is 5.33 Å². The monoisotopic (exact) mass is 257 g/mol. The van der Waals surface area contributed by atoms with Crippen LogP contribution in [0, 0.1) is 5.82 Å². The van der Waals surface area contributed by atoms with Gasteiger partial charge in [-0.25, -0.2) is 4.39 Å². The van der Waals surface area contributed by atoms with E-state index in [1.54, 1.807) is 6.07 Å². The lowest BCUT2D eigenvalue weighted by molar-refractivity contribution is 0.626. The standard InChI is InChI=1S/C11H13BrFN/c12-6-2-1-3-9-7-11(13)5-4-10(9)8-14/h1,3-5,7H,2,6,8,14H2. The van der Waals surface area contributed by atoms with Gasteiger partial charge in [-0.15, -0.1) is 0 Å². The smallest absolute Gasteiger partial charge is 0.123 e. The molecular formula is C11H13BrFN. The predicted octanol–water partition coefficient (Wildman–Crippen LogP) is 3.08. The van der Waals surface area contributed by atoms with Crippen molar-refractivity contribution < 1.29 is 4.39 Å². The Labute approximate surface area is 91.9 Å². The van der Waals surface area contributed by atoms with E-state index >= 15 is 0 Å². The summed E-state index contributed by atoms with van der Waals surface area (Å²) in [5, 5.41) is 0.913. The normalized spacial score (nSPS) is 11.1. The molecule has 0 amide bonds. The van der Waals surface area contributed by atoms with E-state index < -0.39 is 0 Å². The van der Waals surface area contributed by atoms with Crippen molar-refractivity contribution in [1.29, 1.82) is 0 Å². The molecule has 0 aliphatic carbocycles. The highest BCUT2D eigenvalue weighted by Crippen LogP contribution is 2.13. The third-order valence-electron chi connectivity index (χ3n) is 1.90. The molecule has 0 aliphatic rings. The third-order valence-corrected chi connectivity index (χ3v) is 2.36. The molecular weight excluding hydrogens is 245 g/mol. The van der Waals surface area contributed by atoms with Gasteiger partial charge < -0.3 is 5.73 Å². The first-order chi connectivity index (χ1) is 6.77. The van der Waals surface area contributed by atoms with Crippen molar-refractivity contribution in [3.05, 3.63) is 41.2 Å². The fourth-order valence-electron chi connectivity index (χ4n) is 1.18. The lowest BCUT2D eigenvalue weighted by Gasteiger charge is -2.02. The van der Waals surface area contributed by atoms with E-state index in [0.29, 0.717) is 6.54 Å². The van der Waals surface area contributed by atoms with Gasteiger partial charge in [0.25, 0.3) is 0 Å². The summed E-state index contributed by atoms with van der Waals surface area (Å²) in [7, 11) is 0. The molecule has 1 aromatic rings. The first kappa shape index (κ1) is 11.4. The van der Waals surface area contributed by atoms with E-state index in [9.17, 15) is 4.39 Å². The molecule has 0 saturated heterocycles. The average Bonchev–Trinajstić information content (AvgIpc) is 2.19. The van der Waals surface area contributed by atoms with Crippen molar-refractivity contribution in [3.63, 3.8) is 0 Å². The summed E-state index contributed by atoms with van der Waals surface area (Å²) in [6, 6.07) is 4.67. The van der Waals surface area contributed by atoms with Gasteiger partial charge in [0.15, 0.2) is 0 Å². The van der Waals surface area contributed by atoms with E-state index in [1.807, 2.05) is 12.2 Å². The van der Waals surface area contributed by atoms with Crippen molar-refractivity contribution in [1.82, 2.24) is 0 Å². The van der Waals surface area contributed by atoms with Crippen molar-refractivity contribution in [3.8, 4) is 0 Å². The number of halogens is 2. The van der Waals surface area contributed by atoms with Crippen molar-refractivity contribution in [2.45, 2.75) is 13.0 Å². The van der Waals surface area contributed by atoms with Crippen molar-refractivity contribution >= 4 is 22.0 Å². The summed E-state index contributed by atoms with van der Waals surface area (Å²) in [5.74, 6) is -0.222. The zero-order valence-corrected chi connectivity index (χ0v) is 9.43. The molecule has 1 aromatic carbocycles. The van der Waals surface area contributed by atoms with Crippen molar-refractivity contribution in [2.24, 2.45) is 5.73 Å². The summed E-state index contributed by atoms with van der Waals surface area (Å²) in [6.45, 7) is 0.439. The summed E-state index contributed by atoms with van der Waals surface area (Å²) < 4.78 is 12.9. The molecule has 2 N–H and O–H groups in total. The van der Waals surface area contributed by atoms with Crippen LogP contribution in [0.1, 0.15) is 17.5 Å². The topological polar surface area (TPSA) is 26.0 Å². The fraction of sp³-hybridized carbons (Fsp3) is 0.273. The molecule has 1 rings (SSSR count). The van der Waals surface area contributed by atoms with Crippen LogP contribution in [0.3, 0.4) is 0 Å². The Balaban J connectivity index is 2.87.